The summed E-state index contributed by atoms with van der Waals surface area (Å²) in [6, 6.07) is 0.762. The fourth-order valence-corrected chi connectivity index (χ4v) is 1.56. The molecule has 1 heterocycles. The van der Waals surface area contributed by atoms with Crippen molar-refractivity contribution in [1.82, 2.24) is 15.3 Å². The van der Waals surface area contributed by atoms with Gasteiger partial charge in [0.1, 0.15) is 5.82 Å². The second-order valence-electron chi connectivity index (χ2n) is 4.38. The molecule has 0 radical (unpaired) electrons. The summed E-state index contributed by atoms with van der Waals surface area (Å²) in [6.45, 7) is 0.926. The second kappa shape index (κ2) is 3.31. The highest BCUT2D eigenvalue weighted by Crippen LogP contribution is 2.37. The molecule has 0 unspecified atom stereocenters. The van der Waals surface area contributed by atoms with Crippen molar-refractivity contribution in [3.8, 4) is 0 Å². The van der Waals surface area contributed by atoms with Crippen LogP contribution in [0, 0.1) is 0 Å². The van der Waals surface area contributed by atoms with Crippen LogP contribution in [0.15, 0.2) is 12.4 Å². The summed E-state index contributed by atoms with van der Waals surface area (Å²) >= 11 is 0. The molecular formula is C11H15N3. The first kappa shape index (κ1) is 8.36. The van der Waals surface area contributed by atoms with Crippen LogP contribution in [0.25, 0.3) is 0 Å². The molecule has 0 spiro atoms. The minimum atomic E-state index is 0.667. The summed E-state index contributed by atoms with van der Waals surface area (Å²) < 4.78 is 0. The highest BCUT2D eigenvalue weighted by Gasteiger charge is 2.26. The lowest BCUT2D eigenvalue weighted by Crippen LogP contribution is -2.15. The Labute approximate surface area is 84.0 Å². The maximum Gasteiger partial charge on any atom is 0.131 e. The van der Waals surface area contributed by atoms with Crippen molar-refractivity contribution in [3.05, 3.63) is 23.8 Å². The van der Waals surface area contributed by atoms with E-state index >= 15 is 0 Å². The van der Waals surface area contributed by atoms with E-state index in [2.05, 4.69) is 15.3 Å². The quantitative estimate of drug-likeness (QED) is 0.782. The molecule has 3 nitrogen and oxygen atoms in total. The predicted molar refractivity (Wildman–Crippen MR) is 53.9 cm³/mol. The van der Waals surface area contributed by atoms with E-state index in [1.54, 1.807) is 0 Å². The molecule has 1 aromatic rings. The van der Waals surface area contributed by atoms with Gasteiger partial charge in [-0.3, -0.25) is 0 Å². The lowest BCUT2D eigenvalue weighted by atomic mass is 10.3. The van der Waals surface area contributed by atoms with Gasteiger partial charge in [0.25, 0.3) is 0 Å². The molecule has 0 aromatic carbocycles. The van der Waals surface area contributed by atoms with E-state index in [0.29, 0.717) is 5.92 Å². The zero-order valence-corrected chi connectivity index (χ0v) is 8.24. The van der Waals surface area contributed by atoms with Gasteiger partial charge in [0.2, 0.25) is 0 Å². The maximum absolute atomic E-state index is 4.39. The highest BCUT2D eigenvalue weighted by molar-refractivity contribution is 5.10. The van der Waals surface area contributed by atoms with Crippen LogP contribution in [0.5, 0.6) is 0 Å². The van der Waals surface area contributed by atoms with Crippen LogP contribution in [-0.2, 0) is 6.54 Å². The molecule has 2 aliphatic rings. The van der Waals surface area contributed by atoms with Crippen molar-refractivity contribution in [3.63, 3.8) is 0 Å². The third-order valence-corrected chi connectivity index (χ3v) is 2.84. The minimum absolute atomic E-state index is 0.667. The summed E-state index contributed by atoms with van der Waals surface area (Å²) in [6.07, 6.45) is 9.16. The third-order valence-electron chi connectivity index (χ3n) is 2.84. The van der Waals surface area contributed by atoms with Gasteiger partial charge in [-0.25, -0.2) is 9.97 Å². The van der Waals surface area contributed by atoms with Gasteiger partial charge in [0.15, 0.2) is 0 Å². The van der Waals surface area contributed by atoms with E-state index in [9.17, 15) is 0 Å². The van der Waals surface area contributed by atoms with Gasteiger partial charge >= 0.3 is 0 Å². The van der Waals surface area contributed by atoms with E-state index in [1.807, 2.05) is 12.4 Å². The number of hydrogen-bond acceptors (Lipinski definition) is 3. The summed E-state index contributed by atoms with van der Waals surface area (Å²) in [7, 11) is 0. The average molecular weight is 189 g/mol. The Morgan fingerprint density at radius 1 is 1.14 bits per heavy atom. The van der Waals surface area contributed by atoms with Gasteiger partial charge in [-0.2, -0.15) is 0 Å². The Kier molecular flexibility index (Phi) is 1.98. The van der Waals surface area contributed by atoms with Crippen molar-refractivity contribution in [1.29, 1.82) is 0 Å². The molecule has 0 saturated heterocycles. The summed E-state index contributed by atoms with van der Waals surface area (Å²) in [5.74, 6) is 1.71. The minimum Gasteiger partial charge on any atom is -0.310 e. The van der Waals surface area contributed by atoms with E-state index in [1.165, 1.54) is 31.2 Å². The van der Waals surface area contributed by atoms with Crippen molar-refractivity contribution in [2.45, 2.75) is 44.2 Å². The fourth-order valence-electron chi connectivity index (χ4n) is 1.56. The monoisotopic (exact) mass is 189 g/mol. The van der Waals surface area contributed by atoms with E-state index in [4.69, 9.17) is 0 Å². The van der Waals surface area contributed by atoms with Gasteiger partial charge in [0, 0.05) is 36.5 Å². The second-order valence-corrected chi connectivity index (χ2v) is 4.38. The van der Waals surface area contributed by atoms with Crippen LogP contribution in [-0.4, -0.2) is 16.0 Å². The number of hydrogen-bond donors (Lipinski definition) is 1. The Morgan fingerprint density at radius 3 is 2.43 bits per heavy atom. The molecule has 1 aromatic heterocycles. The summed E-state index contributed by atoms with van der Waals surface area (Å²) in [5.41, 5.74) is 1.21. The van der Waals surface area contributed by atoms with Crippen molar-refractivity contribution in [2.75, 3.05) is 0 Å². The Balaban J connectivity index is 1.60. The lowest BCUT2D eigenvalue weighted by molar-refractivity contribution is 0.681. The van der Waals surface area contributed by atoms with Crippen LogP contribution < -0.4 is 5.32 Å². The summed E-state index contributed by atoms with van der Waals surface area (Å²) in [5, 5.41) is 3.46. The van der Waals surface area contributed by atoms with E-state index < -0.39 is 0 Å². The molecule has 2 saturated carbocycles. The molecule has 2 fully saturated rings. The number of nitrogens with zero attached hydrogens (tertiary/aromatic N) is 2. The van der Waals surface area contributed by atoms with Gasteiger partial charge in [-0.1, -0.05) is 0 Å². The van der Waals surface area contributed by atoms with Crippen LogP contribution in [0.1, 0.15) is 43.0 Å². The Bertz CT molecular complexity index is 312. The smallest absolute Gasteiger partial charge is 0.131 e. The van der Waals surface area contributed by atoms with Crippen LogP contribution in [0.4, 0.5) is 0 Å². The molecule has 2 aliphatic carbocycles. The Morgan fingerprint density at radius 2 is 1.86 bits per heavy atom. The van der Waals surface area contributed by atoms with E-state index in [-0.39, 0.29) is 0 Å². The largest absolute Gasteiger partial charge is 0.310 e. The maximum atomic E-state index is 4.39. The molecule has 0 atom stereocenters. The molecule has 3 rings (SSSR count). The molecule has 3 heteroatoms. The number of nitrogens with one attached hydrogen (secondary N) is 1. The van der Waals surface area contributed by atoms with Gasteiger partial charge in [-0.05, 0) is 25.7 Å². The SMILES string of the molecule is c1nc(C2CC2)ncc1CNC1CC1. The molecule has 14 heavy (non-hydrogen) atoms. The third kappa shape index (κ3) is 1.93. The molecule has 0 bridgehead atoms. The number of aromatic nitrogens is 2. The zero-order valence-electron chi connectivity index (χ0n) is 8.24. The van der Waals surface area contributed by atoms with E-state index in [0.717, 1.165) is 18.4 Å². The fraction of sp³-hybridized carbons (Fsp3) is 0.636. The van der Waals surface area contributed by atoms with Gasteiger partial charge in [-0.15, -0.1) is 0 Å². The van der Waals surface area contributed by atoms with Crippen molar-refractivity contribution >= 4 is 0 Å². The molecule has 74 valence electrons. The highest BCUT2D eigenvalue weighted by atomic mass is 15.0. The summed E-state index contributed by atoms with van der Waals surface area (Å²) in [4.78, 5) is 8.78. The topological polar surface area (TPSA) is 37.8 Å². The van der Waals surface area contributed by atoms with Crippen molar-refractivity contribution in [2.24, 2.45) is 0 Å². The molecule has 0 aliphatic heterocycles. The molecule has 0 amide bonds. The number of rotatable bonds is 4. The first-order valence-corrected chi connectivity index (χ1v) is 5.46. The first-order valence-electron chi connectivity index (χ1n) is 5.46. The predicted octanol–water partition coefficient (Wildman–Crippen LogP) is 1.61. The van der Waals surface area contributed by atoms with Crippen molar-refractivity contribution < 1.29 is 0 Å². The molecular weight excluding hydrogens is 174 g/mol. The van der Waals surface area contributed by atoms with Gasteiger partial charge < -0.3 is 5.32 Å². The molecule has 1 N–H and O–H groups in total. The van der Waals surface area contributed by atoms with Crippen LogP contribution in [0.3, 0.4) is 0 Å². The Hall–Kier alpha value is -0.960. The normalized spacial score (nSPS) is 21.1. The zero-order chi connectivity index (χ0) is 9.38. The van der Waals surface area contributed by atoms with Crippen LogP contribution >= 0.6 is 0 Å². The van der Waals surface area contributed by atoms with Gasteiger partial charge in [0.05, 0.1) is 0 Å². The van der Waals surface area contributed by atoms with Crippen LogP contribution in [0.2, 0.25) is 0 Å². The standard InChI is InChI=1S/C11H15N3/c1-2-9(1)11-13-6-8(7-14-11)5-12-10-3-4-10/h6-7,9-10,12H,1-5H2. The lowest BCUT2D eigenvalue weighted by Gasteiger charge is -2.02. The average Bonchev–Trinajstić information content (AvgIpc) is 3.07. The first-order chi connectivity index (χ1) is 6.92.